The minimum Gasteiger partial charge on any atom is -0.384 e. The first-order valence-electron chi connectivity index (χ1n) is 5.31. The third kappa shape index (κ3) is 3.37. The number of benzene rings is 1. The Labute approximate surface area is 112 Å². The van der Waals surface area contributed by atoms with Crippen LogP contribution in [0.15, 0.2) is 29.8 Å². The SMILES string of the molecule is O=C(Nc1nccs1)c1ccc(F)cc1C#CCO. The van der Waals surface area contributed by atoms with E-state index in [9.17, 15) is 9.18 Å². The maximum atomic E-state index is 13.1. The molecule has 2 rings (SSSR count). The zero-order valence-corrected chi connectivity index (χ0v) is 10.5. The molecule has 0 aliphatic carbocycles. The lowest BCUT2D eigenvalue weighted by Crippen LogP contribution is -2.13. The first-order valence-corrected chi connectivity index (χ1v) is 6.19. The van der Waals surface area contributed by atoms with Gasteiger partial charge in [-0.2, -0.15) is 0 Å². The number of nitrogens with one attached hydrogen (secondary N) is 1. The molecule has 2 N–H and O–H groups in total. The Kier molecular flexibility index (Phi) is 4.23. The Bertz CT molecular complexity index is 644. The predicted octanol–water partition coefficient (Wildman–Crippen LogP) is 1.88. The van der Waals surface area contributed by atoms with Gasteiger partial charge in [0.25, 0.3) is 5.91 Å². The summed E-state index contributed by atoms with van der Waals surface area (Å²) in [6.07, 6.45) is 1.57. The molecule has 1 heterocycles. The van der Waals surface area contributed by atoms with Gasteiger partial charge < -0.3 is 5.11 Å². The second kappa shape index (κ2) is 6.09. The van der Waals surface area contributed by atoms with Crippen LogP contribution >= 0.6 is 11.3 Å². The van der Waals surface area contributed by atoms with Crippen molar-refractivity contribution in [1.82, 2.24) is 4.98 Å². The van der Waals surface area contributed by atoms with Crippen molar-refractivity contribution in [2.45, 2.75) is 0 Å². The highest BCUT2D eigenvalue weighted by atomic mass is 32.1. The first kappa shape index (κ1) is 13.2. The van der Waals surface area contributed by atoms with E-state index < -0.39 is 11.7 Å². The van der Waals surface area contributed by atoms with Crippen molar-refractivity contribution in [2.75, 3.05) is 11.9 Å². The Hall–Kier alpha value is -2.23. The van der Waals surface area contributed by atoms with E-state index in [0.29, 0.717) is 5.13 Å². The first-order chi connectivity index (χ1) is 9.20. The molecule has 0 atom stereocenters. The second-order valence-corrected chi connectivity index (χ2v) is 4.34. The Balaban J connectivity index is 2.30. The second-order valence-electron chi connectivity index (χ2n) is 3.44. The molecule has 0 fully saturated rings. The predicted molar refractivity (Wildman–Crippen MR) is 70.4 cm³/mol. The molecule has 0 unspecified atom stereocenters. The Morgan fingerprint density at radius 1 is 1.53 bits per heavy atom. The molecule has 2 aromatic rings. The lowest BCUT2D eigenvalue weighted by molar-refractivity contribution is 0.102. The van der Waals surface area contributed by atoms with Gasteiger partial charge >= 0.3 is 0 Å². The van der Waals surface area contributed by atoms with Crippen LogP contribution in [0.1, 0.15) is 15.9 Å². The topological polar surface area (TPSA) is 62.2 Å². The molecule has 1 aromatic carbocycles. The zero-order valence-electron chi connectivity index (χ0n) is 9.68. The molecule has 0 bridgehead atoms. The van der Waals surface area contributed by atoms with Gasteiger partial charge in [-0.15, -0.1) is 11.3 Å². The van der Waals surface area contributed by atoms with E-state index in [1.807, 2.05) is 0 Å². The molecule has 96 valence electrons. The number of hydrogen-bond acceptors (Lipinski definition) is 4. The normalized spacial score (nSPS) is 9.58. The molecule has 0 spiro atoms. The Morgan fingerprint density at radius 2 is 2.37 bits per heavy atom. The number of aromatic nitrogens is 1. The van der Waals surface area contributed by atoms with E-state index >= 15 is 0 Å². The van der Waals surface area contributed by atoms with Crippen molar-refractivity contribution >= 4 is 22.4 Å². The largest absolute Gasteiger partial charge is 0.384 e. The monoisotopic (exact) mass is 276 g/mol. The van der Waals surface area contributed by atoms with Crippen molar-refractivity contribution in [1.29, 1.82) is 0 Å². The van der Waals surface area contributed by atoms with Crippen molar-refractivity contribution in [3.05, 3.63) is 46.7 Å². The molecule has 6 heteroatoms. The number of rotatable bonds is 2. The molecule has 1 aromatic heterocycles. The molecule has 0 aliphatic rings. The van der Waals surface area contributed by atoms with Crippen molar-refractivity contribution < 1.29 is 14.3 Å². The van der Waals surface area contributed by atoms with Crippen LogP contribution in [0.25, 0.3) is 0 Å². The summed E-state index contributed by atoms with van der Waals surface area (Å²) >= 11 is 1.28. The molecule has 1 amide bonds. The zero-order chi connectivity index (χ0) is 13.7. The van der Waals surface area contributed by atoms with Gasteiger partial charge in [0.1, 0.15) is 12.4 Å². The summed E-state index contributed by atoms with van der Waals surface area (Å²) in [5.74, 6) is 4.03. The van der Waals surface area contributed by atoms with E-state index in [1.54, 1.807) is 11.6 Å². The lowest BCUT2D eigenvalue weighted by atomic mass is 10.1. The summed E-state index contributed by atoms with van der Waals surface area (Å²) < 4.78 is 13.1. The molecule has 4 nitrogen and oxygen atoms in total. The summed E-state index contributed by atoms with van der Waals surface area (Å²) in [5.41, 5.74) is 0.459. The molecule has 19 heavy (non-hydrogen) atoms. The van der Waals surface area contributed by atoms with E-state index in [0.717, 1.165) is 6.07 Å². The maximum absolute atomic E-state index is 13.1. The number of amides is 1. The smallest absolute Gasteiger partial charge is 0.258 e. The summed E-state index contributed by atoms with van der Waals surface area (Å²) in [4.78, 5) is 15.9. The quantitative estimate of drug-likeness (QED) is 0.823. The molecular weight excluding hydrogens is 267 g/mol. The summed E-state index contributed by atoms with van der Waals surface area (Å²) in [7, 11) is 0. The van der Waals surface area contributed by atoms with Gasteiger partial charge in [0.15, 0.2) is 5.13 Å². The molecule has 0 aliphatic heterocycles. The van der Waals surface area contributed by atoms with Gasteiger partial charge in [-0.25, -0.2) is 9.37 Å². The number of halogens is 1. The fourth-order valence-corrected chi connectivity index (χ4v) is 1.93. The van der Waals surface area contributed by atoms with Gasteiger partial charge in [0.2, 0.25) is 0 Å². The maximum Gasteiger partial charge on any atom is 0.258 e. The van der Waals surface area contributed by atoms with Crippen LogP contribution in [-0.2, 0) is 0 Å². The highest BCUT2D eigenvalue weighted by molar-refractivity contribution is 7.13. The van der Waals surface area contributed by atoms with Crippen LogP contribution in [0.2, 0.25) is 0 Å². The number of carbonyl (C=O) groups is 1. The number of aliphatic hydroxyl groups excluding tert-OH is 1. The van der Waals surface area contributed by atoms with Crippen molar-refractivity contribution in [3.8, 4) is 11.8 Å². The third-order valence-corrected chi connectivity index (χ3v) is 2.87. The van der Waals surface area contributed by atoms with Crippen LogP contribution < -0.4 is 5.32 Å². The minimum atomic E-state index is -0.493. The van der Waals surface area contributed by atoms with Gasteiger partial charge in [-0.3, -0.25) is 10.1 Å². The van der Waals surface area contributed by atoms with Crippen LogP contribution in [0.4, 0.5) is 9.52 Å². The van der Waals surface area contributed by atoms with E-state index in [4.69, 9.17) is 5.11 Å². The average molecular weight is 276 g/mol. The molecule has 0 radical (unpaired) electrons. The fourth-order valence-electron chi connectivity index (χ4n) is 1.40. The van der Waals surface area contributed by atoms with Gasteiger partial charge in [-0.05, 0) is 18.2 Å². The highest BCUT2D eigenvalue weighted by Gasteiger charge is 2.12. The van der Waals surface area contributed by atoms with Crippen molar-refractivity contribution in [2.24, 2.45) is 0 Å². The number of nitrogens with zero attached hydrogens (tertiary/aromatic N) is 1. The molecular formula is C13H9FN2O2S. The van der Waals surface area contributed by atoms with Crippen LogP contribution in [0.3, 0.4) is 0 Å². The lowest BCUT2D eigenvalue weighted by Gasteiger charge is -2.04. The minimum absolute atomic E-state index is 0.225. The van der Waals surface area contributed by atoms with Crippen LogP contribution in [0, 0.1) is 17.7 Å². The van der Waals surface area contributed by atoms with E-state index in [1.165, 1.54) is 23.5 Å². The van der Waals surface area contributed by atoms with E-state index in [2.05, 4.69) is 22.1 Å². The molecule has 0 saturated heterocycles. The Morgan fingerprint density at radius 3 is 3.05 bits per heavy atom. The van der Waals surface area contributed by atoms with Crippen molar-refractivity contribution in [3.63, 3.8) is 0 Å². The number of anilines is 1. The number of aliphatic hydroxyl groups is 1. The number of carbonyl (C=O) groups excluding carboxylic acids is 1. The summed E-state index contributed by atoms with van der Waals surface area (Å²) in [6.45, 7) is -0.357. The van der Waals surface area contributed by atoms with Crippen LogP contribution in [-0.4, -0.2) is 22.6 Å². The summed E-state index contributed by atoms with van der Waals surface area (Å²) in [5, 5.41) is 13.4. The van der Waals surface area contributed by atoms with Gasteiger partial charge in [-0.1, -0.05) is 11.8 Å². The molecule has 0 saturated carbocycles. The van der Waals surface area contributed by atoms with Gasteiger partial charge in [0, 0.05) is 17.1 Å². The summed E-state index contributed by atoms with van der Waals surface area (Å²) in [6, 6.07) is 3.68. The number of thiazole rings is 1. The fraction of sp³-hybridized carbons (Fsp3) is 0.0769. The highest BCUT2D eigenvalue weighted by Crippen LogP contribution is 2.15. The van der Waals surface area contributed by atoms with Gasteiger partial charge in [0.05, 0.1) is 5.56 Å². The number of hydrogen-bond donors (Lipinski definition) is 2. The standard InChI is InChI=1S/C13H9FN2O2S/c14-10-3-4-11(9(8-10)2-1-6-17)12(18)16-13-15-5-7-19-13/h3-5,7-8,17H,6H2,(H,15,16,18). The van der Waals surface area contributed by atoms with Crippen LogP contribution in [0.5, 0.6) is 0 Å². The van der Waals surface area contributed by atoms with E-state index in [-0.39, 0.29) is 17.7 Å². The average Bonchev–Trinajstić information content (AvgIpc) is 2.89. The third-order valence-electron chi connectivity index (χ3n) is 2.18.